The molecule has 0 aliphatic carbocycles. The van der Waals surface area contributed by atoms with Gasteiger partial charge in [-0.05, 0) is 12.5 Å². The Labute approximate surface area is 132 Å². The highest BCUT2D eigenvalue weighted by Gasteiger charge is 2.34. The minimum Gasteiger partial charge on any atom is -0.335 e. The molecule has 1 fully saturated rings. The van der Waals surface area contributed by atoms with E-state index in [9.17, 15) is 17.6 Å². The zero-order chi connectivity index (χ0) is 16.4. The Morgan fingerprint density at radius 1 is 1.30 bits per heavy atom. The van der Waals surface area contributed by atoms with Gasteiger partial charge in [0.25, 0.3) is 5.91 Å². The normalized spacial score (nSPS) is 20.9. The summed E-state index contributed by atoms with van der Waals surface area (Å²) >= 11 is 0. The van der Waals surface area contributed by atoms with Crippen molar-refractivity contribution >= 4 is 15.7 Å². The molecule has 3 rings (SSSR count). The lowest BCUT2D eigenvalue weighted by Crippen LogP contribution is -2.34. The molecule has 2 aromatic rings. The summed E-state index contributed by atoms with van der Waals surface area (Å²) in [5.74, 6) is -1.11. The lowest BCUT2D eigenvalue weighted by Gasteiger charge is -2.18. The van der Waals surface area contributed by atoms with Crippen molar-refractivity contribution in [3.05, 3.63) is 47.8 Å². The van der Waals surface area contributed by atoms with Gasteiger partial charge in [-0.1, -0.05) is 18.2 Å². The average molecular weight is 338 g/mol. The number of rotatable bonds is 2. The van der Waals surface area contributed by atoms with E-state index in [0.717, 1.165) is 0 Å². The van der Waals surface area contributed by atoms with Gasteiger partial charge >= 0.3 is 0 Å². The van der Waals surface area contributed by atoms with E-state index in [4.69, 9.17) is 0 Å². The fourth-order valence-corrected chi connectivity index (χ4v) is 4.49. The highest BCUT2D eigenvalue weighted by molar-refractivity contribution is 7.91. The van der Waals surface area contributed by atoms with Crippen LogP contribution in [0.5, 0.6) is 0 Å². The lowest BCUT2D eigenvalue weighted by atomic mass is 10.1. The summed E-state index contributed by atoms with van der Waals surface area (Å²) < 4.78 is 38.9. The third kappa shape index (κ3) is 3.09. The maximum absolute atomic E-state index is 14.0. The molecule has 122 valence electrons. The van der Waals surface area contributed by atoms with E-state index in [1.165, 1.54) is 29.4 Å². The molecular formula is C14H15FN4O3S. The third-order valence-electron chi connectivity index (χ3n) is 3.90. The van der Waals surface area contributed by atoms with Crippen LogP contribution in [0.3, 0.4) is 0 Å². The molecule has 0 unspecified atom stereocenters. The van der Waals surface area contributed by atoms with Crippen molar-refractivity contribution in [2.24, 2.45) is 0 Å². The van der Waals surface area contributed by atoms with E-state index in [0.29, 0.717) is 0 Å². The number of aromatic nitrogens is 3. The molecule has 1 amide bonds. The Kier molecular flexibility index (Phi) is 4.12. The minimum atomic E-state index is -3.55. The number of hydrogen-bond acceptors (Lipinski definition) is 5. The molecule has 1 aromatic heterocycles. The molecule has 1 atom stereocenters. The average Bonchev–Trinajstić information content (AvgIpc) is 3.00. The smallest absolute Gasteiger partial charge is 0.291 e. The number of amides is 1. The summed E-state index contributed by atoms with van der Waals surface area (Å²) in [7, 11) is -3.55. The highest BCUT2D eigenvalue weighted by Crippen LogP contribution is 2.31. The fourth-order valence-electron chi connectivity index (χ4n) is 2.69. The van der Waals surface area contributed by atoms with Gasteiger partial charge in [0.1, 0.15) is 12.1 Å². The molecule has 0 radical (unpaired) electrons. The first-order valence-electron chi connectivity index (χ1n) is 7.09. The second kappa shape index (κ2) is 6.07. The zero-order valence-corrected chi connectivity index (χ0v) is 13.0. The quantitative estimate of drug-likeness (QED) is 0.879. The van der Waals surface area contributed by atoms with Gasteiger partial charge in [0.15, 0.2) is 9.84 Å². The molecule has 0 spiro atoms. The topological polar surface area (TPSA) is 96.0 Å². The number of benzene rings is 1. The second-order valence-electron chi connectivity index (χ2n) is 5.29. The SMILES string of the molecule is O=C(c1ncn[nH]1)N1CC[C@@H](c2ccccc2F)S(=O)(=O)CC1. The summed E-state index contributed by atoms with van der Waals surface area (Å²) in [6, 6.07) is 5.84. The maximum atomic E-state index is 14.0. The Bertz CT molecular complexity index is 807. The minimum absolute atomic E-state index is 0.0484. The van der Waals surface area contributed by atoms with E-state index < -0.39 is 26.8 Å². The van der Waals surface area contributed by atoms with E-state index in [-0.39, 0.29) is 36.7 Å². The summed E-state index contributed by atoms with van der Waals surface area (Å²) in [6.07, 6.45) is 1.35. The van der Waals surface area contributed by atoms with Crippen LogP contribution in [-0.2, 0) is 9.84 Å². The number of carbonyl (C=O) groups is 1. The monoisotopic (exact) mass is 338 g/mol. The molecule has 23 heavy (non-hydrogen) atoms. The predicted molar refractivity (Wildman–Crippen MR) is 79.8 cm³/mol. The molecule has 1 aromatic carbocycles. The van der Waals surface area contributed by atoms with Crippen molar-refractivity contribution in [3.63, 3.8) is 0 Å². The molecule has 0 bridgehead atoms. The number of nitrogens with one attached hydrogen (secondary N) is 1. The van der Waals surface area contributed by atoms with Crippen LogP contribution in [0.4, 0.5) is 4.39 Å². The molecular weight excluding hydrogens is 323 g/mol. The molecule has 1 aliphatic rings. The molecule has 2 heterocycles. The van der Waals surface area contributed by atoms with Crippen molar-refractivity contribution in [3.8, 4) is 0 Å². The van der Waals surface area contributed by atoms with Crippen molar-refractivity contribution in [2.75, 3.05) is 18.8 Å². The van der Waals surface area contributed by atoms with Gasteiger partial charge in [0.2, 0.25) is 5.82 Å². The fraction of sp³-hybridized carbons (Fsp3) is 0.357. The van der Waals surface area contributed by atoms with Crippen LogP contribution in [0.25, 0.3) is 0 Å². The van der Waals surface area contributed by atoms with Crippen molar-refractivity contribution in [1.82, 2.24) is 20.1 Å². The number of aromatic amines is 1. The van der Waals surface area contributed by atoms with Gasteiger partial charge in [-0.3, -0.25) is 9.89 Å². The van der Waals surface area contributed by atoms with Crippen LogP contribution in [0.1, 0.15) is 27.9 Å². The summed E-state index contributed by atoms with van der Waals surface area (Å²) in [5, 5.41) is 5.13. The maximum Gasteiger partial charge on any atom is 0.291 e. The Balaban J connectivity index is 1.86. The number of H-pyrrole nitrogens is 1. The molecule has 0 saturated carbocycles. The number of halogens is 1. The zero-order valence-electron chi connectivity index (χ0n) is 12.1. The molecule has 7 nitrogen and oxygen atoms in total. The summed E-state index contributed by atoms with van der Waals surface area (Å²) in [5.41, 5.74) is 0.154. The van der Waals surface area contributed by atoms with Gasteiger partial charge in [-0.15, -0.1) is 0 Å². The van der Waals surface area contributed by atoms with E-state index >= 15 is 0 Å². The predicted octanol–water partition coefficient (Wildman–Crippen LogP) is 0.946. The van der Waals surface area contributed by atoms with Gasteiger partial charge < -0.3 is 4.90 Å². The van der Waals surface area contributed by atoms with Crippen LogP contribution in [0.2, 0.25) is 0 Å². The number of sulfone groups is 1. The molecule has 9 heteroatoms. The van der Waals surface area contributed by atoms with E-state index in [1.807, 2.05) is 0 Å². The van der Waals surface area contributed by atoms with Gasteiger partial charge in [-0.2, -0.15) is 5.10 Å². The van der Waals surface area contributed by atoms with Gasteiger partial charge in [0, 0.05) is 18.7 Å². The van der Waals surface area contributed by atoms with Crippen LogP contribution in [0.15, 0.2) is 30.6 Å². The number of nitrogens with zero attached hydrogens (tertiary/aromatic N) is 3. The number of carbonyl (C=O) groups excluding carboxylic acids is 1. The van der Waals surface area contributed by atoms with Crippen molar-refractivity contribution in [2.45, 2.75) is 11.7 Å². The first-order valence-corrected chi connectivity index (χ1v) is 8.81. The van der Waals surface area contributed by atoms with Crippen molar-refractivity contribution < 1.29 is 17.6 Å². The largest absolute Gasteiger partial charge is 0.335 e. The molecule has 1 saturated heterocycles. The molecule has 1 aliphatic heterocycles. The van der Waals surface area contributed by atoms with Gasteiger partial charge in [0.05, 0.1) is 11.0 Å². The van der Waals surface area contributed by atoms with Crippen molar-refractivity contribution in [1.29, 1.82) is 0 Å². The second-order valence-corrected chi connectivity index (χ2v) is 7.60. The van der Waals surface area contributed by atoms with E-state index in [2.05, 4.69) is 15.2 Å². The Morgan fingerprint density at radius 3 is 2.78 bits per heavy atom. The Morgan fingerprint density at radius 2 is 2.09 bits per heavy atom. The third-order valence-corrected chi connectivity index (χ3v) is 6.01. The van der Waals surface area contributed by atoms with Crippen LogP contribution in [-0.4, -0.2) is 53.2 Å². The lowest BCUT2D eigenvalue weighted by molar-refractivity contribution is 0.0755. The standard InChI is InChI=1S/C14H15FN4O3S/c15-11-4-2-1-3-10(11)12-5-6-19(7-8-23(12,21)22)14(20)13-16-9-17-18-13/h1-4,9,12H,5-8H2,(H,16,17,18)/t12-/m0/s1. The first-order chi connectivity index (χ1) is 11.0. The van der Waals surface area contributed by atoms with Crippen LogP contribution < -0.4 is 0 Å². The van der Waals surface area contributed by atoms with Gasteiger partial charge in [-0.25, -0.2) is 17.8 Å². The van der Waals surface area contributed by atoms with Crippen LogP contribution in [0, 0.1) is 5.82 Å². The Hall–Kier alpha value is -2.29. The number of hydrogen-bond donors (Lipinski definition) is 1. The highest BCUT2D eigenvalue weighted by atomic mass is 32.2. The summed E-state index contributed by atoms with van der Waals surface area (Å²) in [6.45, 7) is 0.255. The van der Waals surface area contributed by atoms with Crippen LogP contribution >= 0.6 is 0 Å². The summed E-state index contributed by atoms with van der Waals surface area (Å²) in [4.78, 5) is 17.4. The first kappa shape index (κ1) is 15.6. The molecule has 1 N–H and O–H groups in total. The van der Waals surface area contributed by atoms with E-state index in [1.54, 1.807) is 6.07 Å².